The second-order valence-corrected chi connectivity index (χ2v) is 13.3. The Bertz CT molecular complexity index is 912. The average molecular weight is 604 g/mol. The molecule has 41 heavy (non-hydrogen) atoms. The Balaban J connectivity index is 4.94. The van der Waals surface area contributed by atoms with Gasteiger partial charge in [-0.1, -0.05) is 13.3 Å². The van der Waals surface area contributed by atoms with Gasteiger partial charge in [0.2, 0.25) is 5.91 Å². The number of aliphatic imine (C=N–C) groups is 1. The lowest BCUT2D eigenvalue weighted by Crippen LogP contribution is -2.50. The highest BCUT2D eigenvalue weighted by atomic mass is 31.1. The van der Waals surface area contributed by atoms with Crippen molar-refractivity contribution in [2.45, 2.75) is 97.4 Å². The topological polar surface area (TPSA) is 174 Å². The second kappa shape index (κ2) is 18.6. The van der Waals surface area contributed by atoms with E-state index in [1.807, 2.05) is 6.92 Å². The van der Waals surface area contributed by atoms with Crippen LogP contribution in [0.3, 0.4) is 0 Å². The minimum absolute atomic E-state index is 0.0434. The van der Waals surface area contributed by atoms with Gasteiger partial charge in [0.05, 0.1) is 20.7 Å². The van der Waals surface area contributed by atoms with E-state index in [1.165, 1.54) is 7.05 Å². The van der Waals surface area contributed by atoms with E-state index in [2.05, 4.69) is 26.3 Å². The summed E-state index contributed by atoms with van der Waals surface area (Å²) in [5, 5.41) is 10.9. The number of ether oxygens (including phenoxy) is 2. The Morgan fingerprint density at radius 1 is 0.854 bits per heavy atom. The lowest BCUT2D eigenvalue weighted by atomic mass is 10.1. The summed E-state index contributed by atoms with van der Waals surface area (Å²) in [6, 6.07) is -1.56. The van der Waals surface area contributed by atoms with Gasteiger partial charge in [0.15, 0.2) is 0 Å². The first kappa shape index (κ1) is 38.2. The smallest absolute Gasteiger partial charge is 0.408 e. The third kappa shape index (κ3) is 19.0. The third-order valence-electron chi connectivity index (χ3n) is 4.91. The summed E-state index contributed by atoms with van der Waals surface area (Å²) in [5.74, 6) is -2.03. The van der Waals surface area contributed by atoms with Gasteiger partial charge in [-0.2, -0.15) is 0 Å². The van der Waals surface area contributed by atoms with Crippen LogP contribution in [0, 0.1) is 0 Å². The first-order valence-corrected chi connectivity index (χ1v) is 15.9. The maximum Gasteiger partial charge on any atom is 0.408 e. The molecule has 0 saturated heterocycles. The zero-order valence-electron chi connectivity index (χ0n) is 26.3. The molecule has 0 bridgehead atoms. The Labute approximate surface area is 245 Å². The van der Waals surface area contributed by atoms with Crippen LogP contribution in [-0.4, -0.2) is 98.9 Å². The molecule has 0 spiro atoms. The first-order chi connectivity index (χ1) is 18.9. The molecule has 0 aliphatic heterocycles. The van der Waals surface area contributed by atoms with Crippen molar-refractivity contribution in [3.8, 4) is 0 Å². The number of nitrogens with zero attached hydrogens (tertiary/aromatic N) is 1. The molecule has 0 radical (unpaired) electrons. The van der Waals surface area contributed by atoms with Crippen LogP contribution in [0.4, 0.5) is 4.79 Å². The summed E-state index contributed by atoms with van der Waals surface area (Å²) in [5.41, 5.74) is -1.35. The number of amides is 3. The molecular formula is C27H50N5O8P. The fourth-order valence-electron chi connectivity index (χ4n) is 3.41. The van der Waals surface area contributed by atoms with Gasteiger partial charge in [0, 0.05) is 7.05 Å². The number of rotatable bonds is 16. The van der Waals surface area contributed by atoms with Crippen molar-refractivity contribution in [2.24, 2.45) is 4.99 Å². The molecule has 3 amide bonds. The van der Waals surface area contributed by atoms with Crippen molar-refractivity contribution in [3.63, 3.8) is 0 Å². The molecule has 0 rings (SSSR count). The van der Waals surface area contributed by atoms with Gasteiger partial charge >= 0.3 is 18.0 Å². The number of hydrogen-bond acceptors (Lipinski definition) is 10. The molecule has 0 aliphatic carbocycles. The van der Waals surface area contributed by atoms with E-state index < -0.39 is 55.4 Å². The lowest BCUT2D eigenvalue weighted by molar-refractivity contribution is -0.157. The quantitative estimate of drug-likeness (QED) is 0.0893. The number of carbonyl (C=O) groups excluding carboxylic acids is 5. The summed E-state index contributed by atoms with van der Waals surface area (Å²) >= 11 is 0. The van der Waals surface area contributed by atoms with Gasteiger partial charge in [0.1, 0.15) is 29.5 Å². The van der Waals surface area contributed by atoms with Gasteiger partial charge in [-0.15, -0.1) is 0 Å². The second-order valence-electron chi connectivity index (χ2n) is 11.5. The minimum Gasteiger partial charge on any atom is -0.458 e. The van der Waals surface area contributed by atoms with Gasteiger partial charge in [-0.25, -0.2) is 14.4 Å². The van der Waals surface area contributed by atoms with Crippen molar-refractivity contribution < 1.29 is 38.0 Å². The molecule has 14 heteroatoms. The zero-order chi connectivity index (χ0) is 31.8. The van der Waals surface area contributed by atoms with E-state index in [9.17, 15) is 24.0 Å². The van der Waals surface area contributed by atoms with E-state index in [0.29, 0.717) is 25.8 Å². The summed E-state index contributed by atoms with van der Waals surface area (Å²) in [7, 11) is 0.556. The normalized spacial score (nSPS) is 13.6. The van der Waals surface area contributed by atoms with Crippen LogP contribution in [-0.2, 0) is 33.2 Å². The molecule has 236 valence electrons. The van der Waals surface area contributed by atoms with Gasteiger partial charge < -0.3 is 35.3 Å². The van der Waals surface area contributed by atoms with Gasteiger partial charge in [0.25, 0.3) is 5.91 Å². The number of esters is 1. The van der Waals surface area contributed by atoms with Crippen LogP contribution in [0.5, 0.6) is 0 Å². The Morgan fingerprint density at radius 3 is 1.98 bits per heavy atom. The number of nitrogens with one attached hydrogen (secondary N) is 4. The van der Waals surface area contributed by atoms with Crippen LogP contribution in [0.15, 0.2) is 4.99 Å². The summed E-state index contributed by atoms with van der Waals surface area (Å²) in [6.07, 6.45) is 1.13. The molecule has 2 atom stereocenters. The molecule has 0 aromatic heterocycles. The zero-order valence-corrected chi connectivity index (χ0v) is 27.2. The standard InChI is InChI=1S/C27H50N5O8P/c1-11-13-18(22(28-8)23(35)30-17-21(34)40-41(9)10)31-20(33)16-29-15-12-14-19(24(36)38-26(2,3)4)32-25(37)39-27(5,6)7/h18-19,29H,11-17H2,1-10H3,(H,30,35)(H,31,33)(H,32,37). The van der Waals surface area contributed by atoms with Gasteiger partial charge in [-0.3, -0.25) is 14.6 Å². The molecule has 2 unspecified atom stereocenters. The first-order valence-electron chi connectivity index (χ1n) is 13.7. The Kier molecular flexibility index (Phi) is 17.3. The van der Waals surface area contributed by atoms with E-state index >= 15 is 0 Å². The number of hydrogen-bond donors (Lipinski definition) is 4. The van der Waals surface area contributed by atoms with Crippen LogP contribution in [0.2, 0.25) is 0 Å². The predicted octanol–water partition coefficient (Wildman–Crippen LogP) is 2.26. The van der Waals surface area contributed by atoms with Gasteiger partial charge in [-0.05, 0) is 80.7 Å². The highest BCUT2D eigenvalue weighted by molar-refractivity contribution is 7.51. The maximum atomic E-state index is 12.6. The van der Waals surface area contributed by atoms with E-state index in [1.54, 1.807) is 54.9 Å². The molecular weight excluding hydrogens is 553 g/mol. The molecule has 0 saturated carbocycles. The number of alkyl carbamates (subject to hydrolysis) is 1. The molecule has 0 heterocycles. The minimum atomic E-state index is -0.922. The summed E-state index contributed by atoms with van der Waals surface area (Å²) < 4.78 is 15.8. The lowest BCUT2D eigenvalue weighted by Gasteiger charge is -2.26. The highest BCUT2D eigenvalue weighted by Crippen LogP contribution is 2.25. The van der Waals surface area contributed by atoms with E-state index in [-0.39, 0.29) is 31.1 Å². The molecule has 0 fully saturated rings. The van der Waals surface area contributed by atoms with Crippen molar-refractivity contribution in [2.75, 3.05) is 40.0 Å². The highest BCUT2D eigenvalue weighted by Gasteiger charge is 2.28. The molecule has 0 aromatic carbocycles. The van der Waals surface area contributed by atoms with Crippen LogP contribution >= 0.6 is 8.15 Å². The Hall–Kier alpha value is -2.79. The molecule has 0 aromatic rings. The van der Waals surface area contributed by atoms with Crippen molar-refractivity contribution in [3.05, 3.63) is 0 Å². The van der Waals surface area contributed by atoms with Crippen molar-refractivity contribution in [1.82, 2.24) is 21.3 Å². The molecule has 4 N–H and O–H groups in total. The fraction of sp³-hybridized carbons (Fsp3) is 0.778. The van der Waals surface area contributed by atoms with E-state index in [4.69, 9.17) is 14.0 Å². The average Bonchev–Trinajstić information content (AvgIpc) is 2.79. The predicted molar refractivity (Wildman–Crippen MR) is 159 cm³/mol. The Morgan fingerprint density at radius 2 is 1.46 bits per heavy atom. The summed E-state index contributed by atoms with van der Waals surface area (Å²) in [6.45, 7) is 15.9. The van der Waals surface area contributed by atoms with Crippen molar-refractivity contribution in [1.29, 1.82) is 0 Å². The monoisotopic (exact) mass is 603 g/mol. The SMILES string of the molecule is CCCC(NC(=O)CNCCCC(NC(=O)OC(C)(C)C)C(=O)OC(C)(C)C)C(=NC)C(=O)NCC(=O)OP(C)C. The molecule has 13 nitrogen and oxygen atoms in total. The number of carbonyl (C=O) groups is 5. The fourth-order valence-corrected chi connectivity index (χ4v) is 3.88. The van der Waals surface area contributed by atoms with Crippen LogP contribution in [0.1, 0.15) is 74.1 Å². The van der Waals surface area contributed by atoms with Crippen molar-refractivity contribution >= 4 is 43.7 Å². The maximum absolute atomic E-state index is 12.6. The third-order valence-corrected chi connectivity index (χ3v) is 5.48. The largest absolute Gasteiger partial charge is 0.458 e. The summed E-state index contributed by atoms with van der Waals surface area (Å²) in [4.78, 5) is 66.0. The van der Waals surface area contributed by atoms with Crippen LogP contribution in [0.25, 0.3) is 0 Å². The van der Waals surface area contributed by atoms with E-state index in [0.717, 1.165) is 0 Å². The molecule has 0 aliphatic rings. The van der Waals surface area contributed by atoms with Crippen LogP contribution < -0.4 is 21.3 Å².